The minimum absolute atomic E-state index is 0.121. The van der Waals surface area contributed by atoms with E-state index in [0.29, 0.717) is 18.8 Å². The van der Waals surface area contributed by atoms with E-state index in [4.69, 9.17) is 10.5 Å². The highest BCUT2D eigenvalue weighted by atomic mass is 19.1. The van der Waals surface area contributed by atoms with Crippen LogP contribution in [-0.2, 0) is 11.2 Å². The third kappa shape index (κ3) is 3.72. The number of urea groups is 1. The summed E-state index contributed by atoms with van der Waals surface area (Å²) < 4.78 is 18.4. The minimum Gasteiger partial charge on any atom is -0.463 e. The Morgan fingerprint density at radius 2 is 1.93 bits per heavy atom. The lowest BCUT2D eigenvalue weighted by atomic mass is 10.0. The standard InChI is InChI=1S/C20H21FN4O2/c21-15-6-9-17(10-7-15)25-18(11-23-20(25)26)14-4-1-13(2-5-14)3-8-16-12-27-19(22)24-16/h1-2,4-7,9-10,16,18H,3,8,11-12H2,(H2,22,24)(H,23,26)/t16-,18?/m0/s1. The first-order valence-electron chi connectivity index (χ1n) is 8.98. The van der Waals surface area contributed by atoms with Crippen molar-refractivity contribution in [3.63, 3.8) is 0 Å². The number of carbonyl (C=O) groups excluding carboxylic acids is 1. The summed E-state index contributed by atoms with van der Waals surface area (Å²) in [5.74, 6) is -0.321. The van der Waals surface area contributed by atoms with Crippen molar-refractivity contribution < 1.29 is 13.9 Å². The fraction of sp³-hybridized carbons (Fsp3) is 0.300. The number of hydrogen-bond donors (Lipinski definition) is 2. The molecule has 6 nitrogen and oxygen atoms in total. The summed E-state index contributed by atoms with van der Waals surface area (Å²) in [5, 5.41) is 2.87. The highest BCUT2D eigenvalue weighted by Gasteiger charge is 2.33. The van der Waals surface area contributed by atoms with Crippen LogP contribution in [0.15, 0.2) is 53.5 Å². The Bertz CT molecular complexity index is 851. The highest BCUT2D eigenvalue weighted by Crippen LogP contribution is 2.31. The van der Waals surface area contributed by atoms with E-state index in [1.807, 2.05) is 12.1 Å². The van der Waals surface area contributed by atoms with Gasteiger partial charge in [-0.3, -0.25) is 4.90 Å². The van der Waals surface area contributed by atoms with Gasteiger partial charge in [-0.15, -0.1) is 0 Å². The van der Waals surface area contributed by atoms with E-state index in [0.717, 1.165) is 18.4 Å². The zero-order valence-corrected chi connectivity index (χ0v) is 14.8. The van der Waals surface area contributed by atoms with E-state index in [9.17, 15) is 9.18 Å². The number of nitrogens with one attached hydrogen (secondary N) is 1. The summed E-state index contributed by atoms with van der Waals surface area (Å²) in [4.78, 5) is 18.2. The molecule has 1 saturated heterocycles. The maximum absolute atomic E-state index is 13.2. The minimum atomic E-state index is -0.321. The maximum Gasteiger partial charge on any atom is 0.322 e. The summed E-state index contributed by atoms with van der Waals surface area (Å²) in [7, 11) is 0. The lowest BCUT2D eigenvalue weighted by Crippen LogP contribution is -2.29. The molecule has 1 unspecified atom stereocenters. The molecule has 0 spiro atoms. The van der Waals surface area contributed by atoms with Crippen molar-refractivity contribution in [1.29, 1.82) is 0 Å². The lowest BCUT2D eigenvalue weighted by Gasteiger charge is -2.23. The molecule has 1 fully saturated rings. The molecule has 0 saturated carbocycles. The summed E-state index contributed by atoms with van der Waals surface area (Å²) in [5.41, 5.74) is 8.45. The number of ether oxygens (including phenoxy) is 1. The molecule has 2 aromatic carbocycles. The molecule has 0 aliphatic carbocycles. The number of anilines is 1. The third-order valence-electron chi connectivity index (χ3n) is 4.95. The van der Waals surface area contributed by atoms with Crippen LogP contribution in [-0.4, -0.2) is 31.2 Å². The molecule has 0 bridgehead atoms. The van der Waals surface area contributed by atoms with Crippen molar-refractivity contribution in [1.82, 2.24) is 5.32 Å². The average molecular weight is 368 g/mol. The molecule has 2 aliphatic rings. The van der Waals surface area contributed by atoms with E-state index in [1.165, 1.54) is 17.7 Å². The number of benzene rings is 2. The molecule has 2 heterocycles. The van der Waals surface area contributed by atoms with E-state index >= 15 is 0 Å². The number of nitrogens with zero attached hydrogens (tertiary/aromatic N) is 2. The Labute approximate surface area is 156 Å². The van der Waals surface area contributed by atoms with E-state index in [1.54, 1.807) is 17.0 Å². The van der Waals surface area contributed by atoms with Crippen LogP contribution >= 0.6 is 0 Å². The number of carbonyl (C=O) groups is 1. The smallest absolute Gasteiger partial charge is 0.322 e. The zero-order valence-electron chi connectivity index (χ0n) is 14.8. The number of amides is 2. The number of halogens is 1. The van der Waals surface area contributed by atoms with Crippen LogP contribution in [0.3, 0.4) is 0 Å². The molecule has 2 aromatic rings. The Kier molecular flexibility index (Phi) is 4.66. The summed E-state index contributed by atoms with van der Waals surface area (Å²) in [6.07, 6.45) is 1.76. The van der Waals surface area contributed by atoms with Gasteiger partial charge >= 0.3 is 6.03 Å². The Balaban J connectivity index is 1.45. The first-order chi connectivity index (χ1) is 13.1. The maximum atomic E-state index is 13.2. The average Bonchev–Trinajstić information content (AvgIpc) is 3.27. The molecule has 0 aromatic heterocycles. The lowest BCUT2D eigenvalue weighted by molar-refractivity contribution is 0.251. The van der Waals surface area contributed by atoms with Gasteiger partial charge in [0.25, 0.3) is 6.02 Å². The van der Waals surface area contributed by atoms with Gasteiger partial charge in [0.2, 0.25) is 0 Å². The molecular formula is C20H21FN4O2. The SMILES string of the molecule is NC1=N[C@@H](CCc2ccc(C3CNC(=O)N3c3ccc(F)cc3)cc2)CO1. The third-order valence-corrected chi connectivity index (χ3v) is 4.95. The molecule has 3 N–H and O–H groups in total. The summed E-state index contributed by atoms with van der Waals surface area (Å²) in [6.45, 7) is 1.06. The Morgan fingerprint density at radius 3 is 2.59 bits per heavy atom. The second-order valence-electron chi connectivity index (χ2n) is 6.76. The molecular weight excluding hydrogens is 347 g/mol. The number of aliphatic imine (C=N–C) groups is 1. The molecule has 27 heavy (non-hydrogen) atoms. The van der Waals surface area contributed by atoms with E-state index in [2.05, 4.69) is 22.4 Å². The number of rotatable bonds is 5. The van der Waals surface area contributed by atoms with Crippen LogP contribution in [0.2, 0.25) is 0 Å². The van der Waals surface area contributed by atoms with Gasteiger partial charge < -0.3 is 15.8 Å². The number of amidine groups is 1. The first-order valence-corrected chi connectivity index (χ1v) is 8.98. The Hall–Kier alpha value is -3.09. The zero-order chi connectivity index (χ0) is 18.8. The van der Waals surface area contributed by atoms with Gasteiger partial charge in [0.05, 0.1) is 12.1 Å². The van der Waals surface area contributed by atoms with E-state index < -0.39 is 0 Å². The van der Waals surface area contributed by atoms with Crippen LogP contribution < -0.4 is 16.0 Å². The fourth-order valence-corrected chi connectivity index (χ4v) is 3.49. The molecule has 7 heteroatoms. The molecule has 4 rings (SSSR count). The van der Waals surface area contributed by atoms with Crippen LogP contribution in [0.5, 0.6) is 0 Å². The largest absolute Gasteiger partial charge is 0.463 e. The summed E-state index contributed by atoms with van der Waals surface area (Å²) >= 11 is 0. The molecule has 2 amide bonds. The van der Waals surface area contributed by atoms with Crippen molar-refractivity contribution in [3.05, 3.63) is 65.5 Å². The Morgan fingerprint density at radius 1 is 1.19 bits per heavy atom. The second kappa shape index (κ2) is 7.26. The molecule has 0 radical (unpaired) electrons. The van der Waals surface area contributed by atoms with Gasteiger partial charge in [0.1, 0.15) is 12.4 Å². The monoisotopic (exact) mass is 368 g/mol. The van der Waals surface area contributed by atoms with Crippen molar-refractivity contribution >= 4 is 17.7 Å². The highest BCUT2D eigenvalue weighted by molar-refractivity contribution is 5.95. The van der Waals surface area contributed by atoms with Crippen LogP contribution in [0.25, 0.3) is 0 Å². The number of nitrogens with two attached hydrogens (primary N) is 1. The molecule has 2 atom stereocenters. The van der Waals surface area contributed by atoms with Gasteiger partial charge in [-0.25, -0.2) is 14.2 Å². The van der Waals surface area contributed by atoms with Gasteiger partial charge in [0.15, 0.2) is 0 Å². The van der Waals surface area contributed by atoms with E-state index in [-0.39, 0.29) is 30.0 Å². The van der Waals surface area contributed by atoms with Crippen molar-refractivity contribution in [2.24, 2.45) is 10.7 Å². The van der Waals surface area contributed by atoms with Gasteiger partial charge in [-0.2, -0.15) is 0 Å². The van der Waals surface area contributed by atoms with Gasteiger partial charge in [-0.05, 0) is 48.2 Å². The summed E-state index contributed by atoms with van der Waals surface area (Å²) in [6, 6.07) is 14.3. The van der Waals surface area contributed by atoms with Crippen molar-refractivity contribution in [2.75, 3.05) is 18.1 Å². The van der Waals surface area contributed by atoms with Gasteiger partial charge in [-0.1, -0.05) is 24.3 Å². The quantitative estimate of drug-likeness (QED) is 0.852. The van der Waals surface area contributed by atoms with Crippen LogP contribution in [0.4, 0.5) is 14.9 Å². The van der Waals surface area contributed by atoms with Crippen LogP contribution in [0, 0.1) is 5.82 Å². The molecule has 140 valence electrons. The number of aryl methyl sites for hydroxylation is 1. The fourth-order valence-electron chi connectivity index (χ4n) is 3.49. The number of hydrogen-bond acceptors (Lipinski definition) is 4. The normalized spacial score (nSPS) is 21.7. The molecule has 2 aliphatic heterocycles. The van der Waals surface area contributed by atoms with Crippen molar-refractivity contribution in [2.45, 2.75) is 24.9 Å². The topological polar surface area (TPSA) is 79.9 Å². The predicted octanol–water partition coefficient (Wildman–Crippen LogP) is 2.74. The first kappa shape index (κ1) is 17.3. The van der Waals surface area contributed by atoms with Gasteiger partial charge in [0, 0.05) is 12.2 Å². The second-order valence-corrected chi connectivity index (χ2v) is 6.76. The van der Waals surface area contributed by atoms with Crippen molar-refractivity contribution in [3.8, 4) is 0 Å². The van der Waals surface area contributed by atoms with Crippen LogP contribution in [0.1, 0.15) is 23.6 Å². The predicted molar refractivity (Wildman–Crippen MR) is 101 cm³/mol.